The highest BCUT2D eigenvalue weighted by atomic mass is 127. The normalized spacial score (nSPS) is 11.9. The van der Waals surface area contributed by atoms with E-state index in [1.807, 2.05) is 55.5 Å². The van der Waals surface area contributed by atoms with Crippen LogP contribution in [0.3, 0.4) is 0 Å². The molecule has 0 aliphatic rings. The highest BCUT2D eigenvalue weighted by molar-refractivity contribution is 14.1. The van der Waals surface area contributed by atoms with Gasteiger partial charge in [-0.25, -0.2) is 0 Å². The number of hydrogen-bond donors (Lipinski definition) is 2. The molecule has 2 aromatic carbocycles. The molecule has 0 bridgehead atoms. The summed E-state index contributed by atoms with van der Waals surface area (Å²) in [5.74, 6) is 0.778. The first kappa shape index (κ1) is 15.1. The molecule has 0 aliphatic heterocycles. The van der Waals surface area contributed by atoms with Crippen LogP contribution in [0.25, 0.3) is 0 Å². The highest BCUT2D eigenvalue weighted by Crippen LogP contribution is 2.15. The summed E-state index contributed by atoms with van der Waals surface area (Å²) in [6.45, 7) is 2.78. The van der Waals surface area contributed by atoms with Crippen molar-refractivity contribution in [1.29, 1.82) is 0 Å². The Bertz CT molecular complexity index is 542. The van der Waals surface area contributed by atoms with Crippen molar-refractivity contribution in [3.05, 3.63) is 57.7 Å². The zero-order valence-corrected chi connectivity index (χ0v) is 13.5. The number of aliphatic hydroxyl groups excluding tert-OH is 1. The Morgan fingerprint density at radius 1 is 1.15 bits per heavy atom. The number of ether oxygens (including phenoxy) is 1. The van der Waals surface area contributed by atoms with E-state index < -0.39 is 6.10 Å². The number of aliphatic hydroxyl groups is 1. The number of hydrogen-bond acceptors (Lipinski definition) is 3. The number of para-hydroxylation sites is 1. The Hall–Kier alpha value is -1.27. The van der Waals surface area contributed by atoms with Crippen LogP contribution in [-0.2, 0) is 0 Å². The molecule has 0 spiro atoms. The van der Waals surface area contributed by atoms with Crippen molar-refractivity contribution < 1.29 is 9.84 Å². The second-order valence-electron chi connectivity index (χ2n) is 4.61. The summed E-state index contributed by atoms with van der Waals surface area (Å²) in [6.07, 6.45) is -0.547. The first-order valence-electron chi connectivity index (χ1n) is 6.51. The molecule has 0 amide bonds. The maximum atomic E-state index is 9.93. The number of halogens is 1. The van der Waals surface area contributed by atoms with Gasteiger partial charge in [0, 0.05) is 15.8 Å². The predicted molar refractivity (Wildman–Crippen MR) is 90.3 cm³/mol. The van der Waals surface area contributed by atoms with Crippen molar-refractivity contribution in [1.82, 2.24) is 0 Å². The van der Waals surface area contributed by atoms with Crippen molar-refractivity contribution in [3.63, 3.8) is 0 Å². The van der Waals surface area contributed by atoms with Crippen molar-refractivity contribution in [2.75, 3.05) is 18.5 Å². The molecule has 1 unspecified atom stereocenters. The molecule has 20 heavy (non-hydrogen) atoms. The van der Waals surface area contributed by atoms with Crippen LogP contribution in [0.5, 0.6) is 5.75 Å². The SMILES string of the molecule is Cc1ccccc1NCC(O)COc1ccc(I)cc1. The van der Waals surface area contributed by atoms with E-state index in [9.17, 15) is 5.11 Å². The van der Waals surface area contributed by atoms with Gasteiger partial charge in [0.25, 0.3) is 0 Å². The molecule has 0 saturated carbocycles. The van der Waals surface area contributed by atoms with E-state index in [4.69, 9.17) is 4.74 Å². The maximum absolute atomic E-state index is 9.93. The molecule has 0 aliphatic carbocycles. The molecule has 106 valence electrons. The second kappa shape index (κ2) is 7.50. The molecule has 0 aromatic heterocycles. The molecule has 0 heterocycles. The van der Waals surface area contributed by atoms with Crippen molar-refractivity contribution in [2.45, 2.75) is 13.0 Å². The van der Waals surface area contributed by atoms with Crippen LogP contribution < -0.4 is 10.1 Å². The molecule has 0 saturated heterocycles. The number of anilines is 1. The second-order valence-corrected chi connectivity index (χ2v) is 5.86. The Labute approximate surface area is 133 Å². The van der Waals surface area contributed by atoms with E-state index in [1.54, 1.807) is 0 Å². The molecule has 1 atom stereocenters. The molecule has 4 heteroatoms. The van der Waals surface area contributed by atoms with Gasteiger partial charge in [0.05, 0.1) is 0 Å². The van der Waals surface area contributed by atoms with E-state index in [1.165, 1.54) is 5.56 Å². The molecule has 0 radical (unpaired) electrons. The summed E-state index contributed by atoms with van der Waals surface area (Å²) in [5.41, 5.74) is 2.21. The van der Waals surface area contributed by atoms with Crippen LogP contribution in [0.2, 0.25) is 0 Å². The smallest absolute Gasteiger partial charge is 0.119 e. The van der Waals surface area contributed by atoms with E-state index >= 15 is 0 Å². The topological polar surface area (TPSA) is 41.5 Å². The van der Waals surface area contributed by atoms with Gasteiger partial charge in [-0.15, -0.1) is 0 Å². The minimum Gasteiger partial charge on any atom is -0.491 e. The van der Waals surface area contributed by atoms with E-state index in [2.05, 4.69) is 27.9 Å². The van der Waals surface area contributed by atoms with Gasteiger partial charge in [-0.3, -0.25) is 0 Å². The molecular weight excluding hydrogens is 365 g/mol. The van der Waals surface area contributed by atoms with E-state index in [-0.39, 0.29) is 6.61 Å². The lowest BCUT2D eigenvalue weighted by Crippen LogP contribution is -2.26. The number of benzene rings is 2. The zero-order valence-electron chi connectivity index (χ0n) is 11.3. The summed E-state index contributed by atoms with van der Waals surface area (Å²) in [6, 6.07) is 15.8. The van der Waals surface area contributed by atoms with Crippen LogP contribution in [0.4, 0.5) is 5.69 Å². The average molecular weight is 383 g/mol. The lowest BCUT2D eigenvalue weighted by Gasteiger charge is -2.15. The predicted octanol–water partition coefficient (Wildman–Crippen LogP) is 3.45. The first-order chi connectivity index (χ1) is 9.65. The van der Waals surface area contributed by atoms with Crippen molar-refractivity contribution in [2.24, 2.45) is 0 Å². The standard InChI is InChI=1S/C16H18INO2/c1-12-4-2-3-5-16(12)18-10-14(19)11-20-15-8-6-13(17)7-9-15/h2-9,14,18-19H,10-11H2,1H3. The minimum absolute atomic E-state index is 0.277. The highest BCUT2D eigenvalue weighted by Gasteiger charge is 2.06. The van der Waals surface area contributed by atoms with Crippen LogP contribution in [0.1, 0.15) is 5.56 Å². The summed E-state index contributed by atoms with van der Waals surface area (Å²) in [5, 5.41) is 13.2. The van der Waals surface area contributed by atoms with Gasteiger partial charge in [0.15, 0.2) is 0 Å². The van der Waals surface area contributed by atoms with Gasteiger partial charge in [-0.05, 0) is 65.4 Å². The molecular formula is C16H18INO2. The summed E-state index contributed by atoms with van der Waals surface area (Å²) in [4.78, 5) is 0. The molecule has 3 nitrogen and oxygen atoms in total. The fourth-order valence-electron chi connectivity index (χ4n) is 1.78. The summed E-state index contributed by atoms with van der Waals surface area (Å²) in [7, 11) is 0. The van der Waals surface area contributed by atoms with E-state index in [0.717, 1.165) is 15.0 Å². The first-order valence-corrected chi connectivity index (χ1v) is 7.59. The van der Waals surface area contributed by atoms with Crippen LogP contribution in [0.15, 0.2) is 48.5 Å². The van der Waals surface area contributed by atoms with Crippen LogP contribution in [0, 0.1) is 10.5 Å². The molecule has 2 aromatic rings. The van der Waals surface area contributed by atoms with E-state index in [0.29, 0.717) is 6.54 Å². The van der Waals surface area contributed by atoms with Crippen LogP contribution in [-0.4, -0.2) is 24.4 Å². The van der Waals surface area contributed by atoms with Gasteiger partial charge < -0.3 is 15.2 Å². The average Bonchev–Trinajstić information content (AvgIpc) is 2.46. The molecule has 2 rings (SSSR count). The largest absolute Gasteiger partial charge is 0.491 e. The van der Waals surface area contributed by atoms with Gasteiger partial charge >= 0.3 is 0 Å². The molecule has 0 fully saturated rings. The third-order valence-electron chi connectivity index (χ3n) is 2.93. The number of nitrogens with one attached hydrogen (secondary N) is 1. The lowest BCUT2D eigenvalue weighted by atomic mass is 10.2. The number of aryl methyl sites for hydroxylation is 1. The Morgan fingerprint density at radius 3 is 2.55 bits per heavy atom. The minimum atomic E-state index is -0.547. The quantitative estimate of drug-likeness (QED) is 0.751. The Morgan fingerprint density at radius 2 is 1.85 bits per heavy atom. The fraction of sp³-hybridized carbons (Fsp3) is 0.250. The van der Waals surface area contributed by atoms with Crippen molar-refractivity contribution in [3.8, 4) is 5.75 Å². The lowest BCUT2D eigenvalue weighted by molar-refractivity contribution is 0.117. The van der Waals surface area contributed by atoms with Gasteiger partial charge in [0.2, 0.25) is 0 Å². The summed E-state index contributed by atoms with van der Waals surface area (Å²) < 4.78 is 6.71. The Balaban J connectivity index is 1.77. The summed E-state index contributed by atoms with van der Waals surface area (Å²) >= 11 is 2.25. The fourth-order valence-corrected chi connectivity index (χ4v) is 2.14. The third kappa shape index (κ3) is 4.68. The monoisotopic (exact) mass is 383 g/mol. The van der Waals surface area contributed by atoms with Gasteiger partial charge in [-0.2, -0.15) is 0 Å². The zero-order chi connectivity index (χ0) is 14.4. The van der Waals surface area contributed by atoms with Gasteiger partial charge in [0.1, 0.15) is 18.5 Å². The van der Waals surface area contributed by atoms with Crippen molar-refractivity contribution >= 4 is 28.3 Å². The number of rotatable bonds is 6. The van der Waals surface area contributed by atoms with Gasteiger partial charge in [-0.1, -0.05) is 18.2 Å². The maximum Gasteiger partial charge on any atom is 0.119 e. The molecule has 2 N–H and O–H groups in total. The Kier molecular flexibility index (Phi) is 5.67. The third-order valence-corrected chi connectivity index (χ3v) is 3.65. The van der Waals surface area contributed by atoms with Crippen LogP contribution >= 0.6 is 22.6 Å².